The summed E-state index contributed by atoms with van der Waals surface area (Å²) in [5, 5.41) is 7.75. The smallest absolute Gasteiger partial charge is 0.171 e. The van der Waals surface area contributed by atoms with Crippen LogP contribution in [-0.2, 0) is 0 Å². The molecule has 0 saturated carbocycles. The second-order valence-electron chi connectivity index (χ2n) is 4.74. The van der Waals surface area contributed by atoms with Crippen molar-refractivity contribution in [3.8, 4) is 0 Å². The molecule has 0 amide bonds. The molecule has 2 aromatic carbocycles. The third-order valence-corrected chi connectivity index (χ3v) is 3.46. The number of thiocarbonyl (C=S) groups is 1. The van der Waals surface area contributed by atoms with Gasteiger partial charge in [-0.3, -0.25) is 0 Å². The molecule has 0 aliphatic carbocycles. The highest BCUT2D eigenvalue weighted by Gasteiger charge is 2.07. The van der Waals surface area contributed by atoms with Crippen molar-refractivity contribution in [2.24, 2.45) is 0 Å². The number of aryl methyl sites for hydroxylation is 1. The minimum absolute atomic E-state index is 0.0964. The zero-order valence-corrected chi connectivity index (χ0v) is 13.1. The molecular weight excluding hydrogens is 288 g/mol. The van der Waals surface area contributed by atoms with E-state index >= 15 is 0 Å². The van der Waals surface area contributed by atoms with E-state index in [4.69, 9.17) is 23.8 Å². The van der Waals surface area contributed by atoms with Crippen molar-refractivity contribution >= 4 is 34.6 Å². The quantitative estimate of drug-likeness (QED) is 0.804. The van der Waals surface area contributed by atoms with Crippen LogP contribution >= 0.6 is 23.8 Å². The van der Waals surface area contributed by atoms with Gasteiger partial charge in [-0.25, -0.2) is 0 Å². The Morgan fingerprint density at radius 3 is 2.50 bits per heavy atom. The first-order chi connectivity index (χ1) is 9.54. The summed E-state index contributed by atoms with van der Waals surface area (Å²) in [5.41, 5.74) is 3.30. The molecule has 4 heteroatoms. The molecule has 0 aromatic heterocycles. The van der Waals surface area contributed by atoms with Crippen LogP contribution in [0.1, 0.15) is 24.1 Å². The van der Waals surface area contributed by atoms with Crippen molar-refractivity contribution in [2.75, 3.05) is 5.32 Å². The molecule has 0 unspecified atom stereocenters. The van der Waals surface area contributed by atoms with E-state index in [-0.39, 0.29) is 6.04 Å². The number of nitrogens with one attached hydrogen (secondary N) is 2. The van der Waals surface area contributed by atoms with Crippen LogP contribution in [0.4, 0.5) is 5.69 Å². The summed E-state index contributed by atoms with van der Waals surface area (Å²) in [7, 11) is 0. The summed E-state index contributed by atoms with van der Waals surface area (Å²) >= 11 is 11.3. The molecule has 2 N–H and O–H groups in total. The van der Waals surface area contributed by atoms with Crippen LogP contribution in [0.2, 0.25) is 5.02 Å². The van der Waals surface area contributed by atoms with Gasteiger partial charge in [-0.05, 0) is 55.9 Å². The molecule has 0 saturated heterocycles. The van der Waals surface area contributed by atoms with E-state index in [9.17, 15) is 0 Å². The van der Waals surface area contributed by atoms with Gasteiger partial charge in [-0.2, -0.15) is 0 Å². The minimum atomic E-state index is 0.0964. The Morgan fingerprint density at radius 2 is 1.85 bits per heavy atom. The van der Waals surface area contributed by atoms with Gasteiger partial charge in [0, 0.05) is 10.7 Å². The molecule has 0 aliphatic rings. The second kappa shape index (κ2) is 6.73. The maximum Gasteiger partial charge on any atom is 0.171 e. The fraction of sp³-hybridized carbons (Fsp3) is 0.188. The summed E-state index contributed by atoms with van der Waals surface area (Å²) in [5.74, 6) is 0. The lowest BCUT2D eigenvalue weighted by Crippen LogP contribution is -2.30. The number of benzene rings is 2. The Morgan fingerprint density at radius 1 is 1.15 bits per heavy atom. The monoisotopic (exact) mass is 304 g/mol. The molecule has 0 heterocycles. The average Bonchev–Trinajstić information content (AvgIpc) is 2.41. The highest BCUT2D eigenvalue weighted by Crippen LogP contribution is 2.17. The molecule has 2 nitrogen and oxygen atoms in total. The lowest BCUT2D eigenvalue weighted by atomic mass is 10.1. The molecule has 0 aliphatic heterocycles. The first-order valence-corrected chi connectivity index (χ1v) is 7.23. The number of anilines is 1. The average molecular weight is 305 g/mol. The van der Waals surface area contributed by atoms with Crippen molar-refractivity contribution in [2.45, 2.75) is 19.9 Å². The van der Waals surface area contributed by atoms with E-state index in [1.165, 1.54) is 5.56 Å². The third kappa shape index (κ3) is 4.22. The summed E-state index contributed by atoms with van der Waals surface area (Å²) in [6, 6.07) is 16.0. The molecular formula is C16H17ClN2S. The van der Waals surface area contributed by atoms with Gasteiger partial charge in [0.1, 0.15) is 0 Å². The van der Waals surface area contributed by atoms with Crippen LogP contribution in [-0.4, -0.2) is 5.11 Å². The number of hydrogen-bond acceptors (Lipinski definition) is 1. The molecule has 104 valence electrons. The fourth-order valence-electron chi connectivity index (χ4n) is 1.86. The Labute approximate surface area is 130 Å². The normalized spacial score (nSPS) is 11.8. The molecule has 0 fully saturated rings. The van der Waals surface area contributed by atoms with Crippen molar-refractivity contribution in [1.29, 1.82) is 0 Å². The molecule has 2 aromatic rings. The van der Waals surface area contributed by atoms with Crippen molar-refractivity contribution < 1.29 is 0 Å². The first-order valence-electron chi connectivity index (χ1n) is 6.44. The predicted octanol–water partition coefficient (Wildman–Crippen LogP) is 4.70. The lowest BCUT2D eigenvalue weighted by molar-refractivity contribution is 0.723. The SMILES string of the molecule is Cc1ccc(NC(=S)N[C@@H](C)c2cccc(Cl)c2)cc1. The van der Waals surface area contributed by atoms with Gasteiger partial charge in [-0.1, -0.05) is 41.4 Å². The zero-order chi connectivity index (χ0) is 14.5. The summed E-state index contributed by atoms with van der Waals surface area (Å²) < 4.78 is 0. The zero-order valence-electron chi connectivity index (χ0n) is 11.5. The Bertz CT molecular complexity index is 596. The summed E-state index contributed by atoms with van der Waals surface area (Å²) in [6.45, 7) is 4.11. The van der Waals surface area contributed by atoms with E-state index in [2.05, 4.69) is 24.5 Å². The van der Waals surface area contributed by atoms with Gasteiger partial charge in [0.25, 0.3) is 0 Å². The highest BCUT2D eigenvalue weighted by molar-refractivity contribution is 7.80. The lowest BCUT2D eigenvalue weighted by Gasteiger charge is -2.17. The van der Waals surface area contributed by atoms with E-state index in [0.717, 1.165) is 16.3 Å². The van der Waals surface area contributed by atoms with E-state index in [1.807, 2.05) is 48.5 Å². The van der Waals surface area contributed by atoms with Crippen LogP contribution in [0.15, 0.2) is 48.5 Å². The number of rotatable bonds is 3. The molecule has 20 heavy (non-hydrogen) atoms. The molecule has 0 spiro atoms. The maximum atomic E-state index is 5.99. The van der Waals surface area contributed by atoms with Crippen molar-refractivity contribution in [3.63, 3.8) is 0 Å². The standard InChI is InChI=1S/C16H17ClN2S/c1-11-6-8-15(9-7-11)19-16(20)18-12(2)13-4-3-5-14(17)10-13/h3-10,12H,1-2H3,(H2,18,19,20)/t12-/m0/s1. The molecule has 0 bridgehead atoms. The Balaban J connectivity index is 1.95. The first kappa shape index (κ1) is 14.8. The number of halogens is 1. The Kier molecular flexibility index (Phi) is 4.99. The van der Waals surface area contributed by atoms with Gasteiger partial charge in [0.15, 0.2) is 5.11 Å². The summed E-state index contributed by atoms with van der Waals surface area (Å²) in [6.07, 6.45) is 0. The van der Waals surface area contributed by atoms with Gasteiger partial charge >= 0.3 is 0 Å². The molecule has 2 rings (SSSR count). The van der Waals surface area contributed by atoms with Gasteiger partial charge in [0.2, 0.25) is 0 Å². The van der Waals surface area contributed by atoms with E-state index in [1.54, 1.807) is 0 Å². The maximum absolute atomic E-state index is 5.99. The van der Waals surface area contributed by atoms with Gasteiger partial charge < -0.3 is 10.6 Å². The van der Waals surface area contributed by atoms with E-state index in [0.29, 0.717) is 5.11 Å². The minimum Gasteiger partial charge on any atom is -0.356 e. The van der Waals surface area contributed by atoms with Crippen LogP contribution in [0.3, 0.4) is 0 Å². The van der Waals surface area contributed by atoms with Gasteiger partial charge in [0.05, 0.1) is 6.04 Å². The highest BCUT2D eigenvalue weighted by atomic mass is 35.5. The van der Waals surface area contributed by atoms with Crippen molar-refractivity contribution in [1.82, 2.24) is 5.32 Å². The fourth-order valence-corrected chi connectivity index (χ4v) is 2.35. The molecule has 1 atom stereocenters. The summed E-state index contributed by atoms with van der Waals surface area (Å²) in [4.78, 5) is 0. The second-order valence-corrected chi connectivity index (χ2v) is 5.59. The van der Waals surface area contributed by atoms with Crippen LogP contribution < -0.4 is 10.6 Å². The largest absolute Gasteiger partial charge is 0.356 e. The van der Waals surface area contributed by atoms with E-state index < -0.39 is 0 Å². The van der Waals surface area contributed by atoms with Crippen molar-refractivity contribution in [3.05, 3.63) is 64.7 Å². The number of hydrogen-bond donors (Lipinski definition) is 2. The third-order valence-electron chi connectivity index (χ3n) is 3.01. The molecule has 0 radical (unpaired) electrons. The topological polar surface area (TPSA) is 24.1 Å². The Hall–Kier alpha value is -1.58. The predicted molar refractivity (Wildman–Crippen MR) is 90.4 cm³/mol. The van der Waals surface area contributed by atoms with Crippen LogP contribution in [0.25, 0.3) is 0 Å². The van der Waals surface area contributed by atoms with Crippen LogP contribution in [0.5, 0.6) is 0 Å². The van der Waals surface area contributed by atoms with Crippen LogP contribution in [0, 0.1) is 6.92 Å². The van der Waals surface area contributed by atoms with Gasteiger partial charge in [-0.15, -0.1) is 0 Å².